The molecule has 3 rings (SSSR count). The van der Waals surface area contributed by atoms with E-state index in [2.05, 4.69) is 5.32 Å². The Kier molecular flexibility index (Phi) is 11.3. The summed E-state index contributed by atoms with van der Waals surface area (Å²) in [4.78, 5) is 28.7. The molecule has 3 aromatic rings. The van der Waals surface area contributed by atoms with Crippen molar-refractivity contribution < 1.29 is 31.2 Å². The largest absolute Gasteiger partial charge is 0.416 e. The zero-order valence-corrected chi connectivity index (χ0v) is 25.2. The summed E-state index contributed by atoms with van der Waals surface area (Å²) >= 11 is 12.4. The minimum absolute atomic E-state index is 0.0791. The minimum atomic E-state index is -4.74. The summed E-state index contributed by atoms with van der Waals surface area (Å²) in [5.74, 6) is -1.31. The van der Waals surface area contributed by atoms with Crippen LogP contribution < -0.4 is 9.62 Å². The first-order chi connectivity index (χ1) is 19.7. The number of hydrogen-bond donors (Lipinski definition) is 1. The van der Waals surface area contributed by atoms with Crippen molar-refractivity contribution in [2.24, 2.45) is 0 Å². The molecule has 0 radical (unpaired) electrons. The smallest absolute Gasteiger partial charge is 0.354 e. The van der Waals surface area contributed by atoms with Gasteiger partial charge in [-0.25, -0.2) is 8.42 Å². The van der Waals surface area contributed by atoms with Crippen LogP contribution in [0.25, 0.3) is 0 Å². The Morgan fingerprint density at radius 1 is 0.976 bits per heavy atom. The Balaban J connectivity index is 2.09. The van der Waals surface area contributed by atoms with Crippen molar-refractivity contribution >= 4 is 50.7 Å². The maximum Gasteiger partial charge on any atom is 0.416 e. The number of amides is 2. The molecule has 0 aliphatic rings. The first-order valence-electron chi connectivity index (χ1n) is 12.9. The molecule has 0 aliphatic carbocycles. The fourth-order valence-electron chi connectivity index (χ4n) is 4.20. The van der Waals surface area contributed by atoms with E-state index in [0.717, 1.165) is 24.0 Å². The molecule has 0 aromatic heterocycles. The molecule has 2 amide bonds. The van der Waals surface area contributed by atoms with Crippen LogP contribution in [0.3, 0.4) is 0 Å². The lowest BCUT2D eigenvalue weighted by atomic mass is 10.0. The van der Waals surface area contributed by atoms with Gasteiger partial charge in [-0.1, -0.05) is 72.6 Å². The zero-order chi connectivity index (χ0) is 31.1. The molecule has 0 fully saturated rings. The molecule has 0 aliphatic heterocycles. The highest BCUT2D eigenvalue weighted by molar-refractivity contribution is 7.92. The molecule has 0 saturated heterocycles. The molecule has 226 valence electrons. The first kappa shape index (κ1) is 33.2. The molecule has 0 spiro atoms. The second-order valence-electron chi connectivity index (χ2n) is 9.57. The Hall–Kier alpha value is -3.28. The molecule has 42 heavy (non-hydrogen) atoms. The second kappa shape index (κ2) is 14.3. The molecule has 7 nitrogen and oxygen atoms in total. The molecule has 0 bridgehead atoms. The van der Waals surface area contributed by atoms with E-state index in [1.807, 2.05) is 6.92 Å². The Bertz CT molecular complexity index is 1510. The van der Waals surface area contributed by atoms with Gasteiger partial charge in [-0.15, -0.1) is 0 Å². The number of carbonyl (C=O) groups excluding carboxylic acids is 2. The van der Waals surface area contributed by atoms with Gasteiger partial charge in [0, 0.05) is 29.6 Å². The van der Waals surface area contributed by atoms with Crippen LogP contribution in [-0.2, 0) is 38.8 Å². The van der Waals surface area contributed by atoms with E-state index < -0.39 is 46.2 Å². The minimum Gasteiger partial charge on any atom is -0.354 e. The van der Waals surface area contributed by atoms with Gasteiger partial charge in [-0.3, -0.25) is 13.9 Å². The Morgan fingerprint density at radius 2 is 1.67 bits per heavy atom. The van der Waals surface area contributed by atoms with Gasteiger partial charge < -0.3 is 10.2 Å². The maximum atomic E-state index is 14.0. The summed E-state index contributed by atoms with van der Waals surface area (Å²) in [5.41, 5.74) is -0.264. The highest BCUT2D eigenvalue weighted by atomic mass is 35.5. The number of nitrogens with zero attached hydrogens (tertiary/aromatic N) is 2. The van der Waals surface area contributed by atoms with Crippen LogP contribution in [0.2, 0.25) is 10.0 Å². The van der Waals surface area contributed by atoms with Crippen LogP contribution in [-0.4, -0.2) is 50.5 Å². The molecule has 3 aromatic carbocycles. The number of alkyl halides is 3. The molecule has 0 unspecified atom stereocenters. The van der Waals surface area contributed by atoms with Gasteiger partial charge in [0.1, 0.15) is 12.6 Å². The molecular formula is C29H30Cl2F3N3O4S. The summed E-state index contributed by atoms with van der Waals surface area (Å²) in [7, 11) is -4.24. The van der Waals surface area contributed by atoms with Crippen LogP contribution in [0.15, 0.2) is 72.8 Å². The number of anilines is 1. The number of hydrogen-bond acceptors (Lipinski definition) is 4. The monoisotopic (exact) mass is 643 g/mol. The second-order valence-corrected chi connectivity index (χ2v) is 12.3. The SMILES string of the molecule is CCCNC(=O)[C@H](Cc1ccccc1)N(Cc1ccc(Cl)cc1Cl)C(=O)CN(c1cccc(C(F)(F)F)c1)S(C)(=O)=O. The Labute approximate surface area is 253 Å². The normalized spacial score (nSPS) is 12.5. The van der Waals surface area contributed by atoms with Gasteiger partial charge in [0.05, 0.1) is 17.5 Å². The van der Waals surface area contributed by atoms with Crippen molar-refractivity contribution in [2.45, 2.75) is 38.5 Å². The predicted molar refractivity (Wildman–Crippen MR) is 158 cm³/mol. The molecule has 13 heteroatoms. The number of benzene rings is 3. The van der Waals surface area contributed by atoms with Crippen molar-refractivity contribution in [2.75, 3.05) is 23.7 Å². The molecule has 0 saturated carbocycles. The van der Waals surface area contributed by atoms with E-state index in [0.29, 0.717) is 33.9 Å². The van der Waals surface area contributed by atoms with Crippen molar-refractivity contribution in [1.82, 2.24) is 10.2 Å². The van der Waals surface area contributed by atoms with E-state index >= 15 is 0 Å². The molecule has 1 atom stereocenters. The average Bonchev–Trinajstić information content (AvgIpc) is 2.92. The fourth-order valence-corrected chi connectivity index (χ4v) is 5.51. The van der Waals surface area contributed by atoms with Gasteiger partial charge >= 0.3 is 6.18 Å². The summed E-state index contributed by atoms with van der Waals surface area (Å²) in [5, 5.41) is 3.35. The lowest BCUT2D eigenvalue weighted by molar-refractivity contribution is -0.140. The van der Waals surface area contributed by atoms with E-state index in [4.69, 9.17) is 23.2 Å². The van der Waals surface area contributed by atoms with Gasteiger partial charge in [0.2, 0.25) is 21.8 Å². The molecular weight excluding hydrogens is 614 g/mol. The Morgan fingerprint density at radius 3 is 2.26 bits per heavy atom. The van der Waals surface area contributed by atoms with Crippen molar-refractivity contribution in [3.63, 3.8) is 0 Å². The summed E-state index contributed by atoms with van der Waals surface area (Å²) in [6.45, 7) is 1.12. The van der Waals surface area contributed by atoms with Gasteiger partial charge in [-0.05, 0) is 47.9 Å². The van der Waals surface area contributed by atoms with Crippen LogP contribution in [0, 0.1) is 0 Å². The summed E-state index contributed by atoms with van der Waals surface area (Å²) < 4.78 is 66.4. The fraction of sp³-hybridized carbons (Fsp3) is 0.310. The lowest BCUT2D eigenvalue weighted by Gasteiger charge is -2.33. The van der Waals surface area contributed by atoms with Crippen molar-refractivity contribution in [1.29, 1.82) is 0 Å². The number of carbonyl (C=O) groups is 2. The van der Waals surface area contributed by atoms with Crippen molar-refractivity contribution in [3.05, 3.63) is 99.5 Å². The van der Waals surface area contributed by atoms with Gasteiger partial charge in [-0.2, -0.15) is 13.2 Å². The number of sulfonamides is 1. The third-order valence-electron chi connectivity index (χ3n) is 6.32. The van der Waals surface area contributed by atoms with Crippen LogP contribution in [0.5, 0.6) is 0 Å². The number of rotatable bonds is 12. The van der Waals surface area contributed by atoms with Crippen LogP contribution >= 0.6 is 23.2 Å². The van der Waals surface area contributed by atoms with E-state index in [1.165, 1.54) is 17.0 Å². The third kappa shape index (κ3) is 9.11. The standard InChI is InChI=1S/C29H30Cl2F3N3O4S/c1-3-14-35-28(39)26(15-20-8-5-4-6-9-20)36(18-21-12-13-23(30)17-25(21)31)27(38)19-37(42(2,40)41)24-11-7-10-22(16-24)29(32,33)34/h4-13,16-17,26H,3,14-15,18-19H2,1-2H3,(H,35,39)/t26-/m0/s1. The third-order valence-corrected chi connectivity index (χ3v) is 8.04. The number of halogens is 5. The average molecular weight is 645 g/mol. The van der Waals surface area contributed by atoms with Gasteiger partial charge in [0.15, 0.2) is 0 Å². The lowest BCUT2D eigenvalue weighted by Crippen LogP contribution is -2.53. The van der Waals surface area contributed by atoms with E-state index in [-0.39, 0.29) is 23.7 Å². The highest BCUT2D eigenvalue weighted by Crippen LogP contribution is 2.32. The van der Waals surface area contributed by atoms with Crippen molar-refractivity contribution in [3.8, 4) is 0 Å². The maximum absolute atomic E-state index is 14.0. The number of nitrogens with one attached hydrogen (secondary N) is 1. The van der Waals surface area contributed by atoms with Gasteiger partial charge in [0.25, 0.3) is 0 Å². The van der Waals surface area contributed by atoms with E-state index in [1.54, 1.807) is 42.5 Å². The highest BCUT2D eigenvalue weighted by Gasteiger charge is 2.35. The van der Waals surface area contributed by atoms with Crippen LogP contribution in [0.4, 0.5) is 18.9 Å². The molecule has 1 N–H and O–H groups in total. The summed E-state index contributed by atoms with van der Waals surface area (Å²) in [6, 6.07) is 16.1. The molecule has 0 heterocycles. The predicted octanol–water partition coefficient (Wildman–Crippen LogP) is 5.94. The first-order valence-corrected chi connectivity index (χ1v) is 15.5. The summed E-state index contributed by atoms with van der Waals surface area (Å²) in [6.07, 6.45) is -3.25. The van der Waals surface area contributed by atoms with Crippen LogP contribution in [0.1, 0.15) is 30.0 Å². The quantitative estimate of drug-likeness (QED) is 0.264. The van der Waals surface area contributed by atoms with E-state index in [9.17, 15) is 31.2 Å². The topological polar surface area (TPSA) is 86.8 Å². The zero-order valence-electron chi connectivity index (χ0n) is 22.9.